The molecular weight excluding hydrogens is 346 g/mol. The van der Waals surface area contributed by atoms with E-state index < -0.39 is 0 Å². The fourth-order valence-electron chi connectivity index (χ4n) is 2.36. The Labute approximate surface area is 119 Å². The molecule has 1 aliphatic rings. The Morgan fingerprint density at radius 2 is 2.00 bits per heavy atom. The number of methoxy groups -OCH3 is 1. The molecule has 1 aliphatic carbocycles. The first-order valence-corrected chi connectivity index (χ1v) is 7.54. The molecule has 0 unspecified atom stereocenters. The van der Waals surface area contributed by atoms with Crippen LogP contribution in [0.1, 0.15) is 31.2 Å². The Balaban J connectivity index is 2.07. The van der Waals surface area contributed by atoms with Gasteiger partial charge in [-0.2, -0.15) is 0 Å². The van der Waals surface area contributed by atoms with Crippen molar-refractivity contribution in [3.05, 3.63) is 26.6 Å². The molecule has 0 amide bonds. The van der Waals surface area contributed by atoms with E-state index in [0.717, 1.165) is 21.2 Å². The van der Waals surface area contributed by atoms with E-state index >= 15 is 0 Å². The molecule has 0 aromatic heterocycles. The molecule has 0 aliphatic heterocycles. The first-order valence-electron chi connectivity index (χ1n) is 5.96. The van der Waals surface area contributed by atoms with Crippen molar-refractivity contribution in [2.45, 2.75) is 38.3 Å². The maximum atomic E-state index is 5.44. The zero-order valence-electron chi connectivity index (χ0n) is 9.93. The average molecular weight is 363 g/mol. The van der Waals surface area contributed by atoms with Crippen LogP contribution in [0.15, 0.2) is 21.1 Å². The Bertz CT molecular complexity index is 389. The summed E-state index contributed by atoms with van der Waals surface area (Å²) in [7, 11) is 1.72. The van der Waals surface area contributed by atoms with E-state index in [9.17, 15) is 0 Å². The Morgan fingerprint density at radius 3 is 2.65 bits per heavy atom. The summed E-state index contributed by atoms with van der Waals surface area (Å²) in [5, 5.41) is 3.61. The fraction of sp³-hybridized carbons (Fsp3) is 0.538. The molecule has 4 heteroatoms. The summed E-state index contributed by atoms with van der Waals surface area (Å²) >= 11 is 7.05. The summed E-state index contributed by atoms with van der Waals surface area (Å²) < 4.78 is 7.51. The number of rotatable bonds is 4. The van der Waals surface area contributed by atoms with E-state index in [-0.39, 0.29) is 0 Å². The van der Waals surface area contributed by atoms with Crippen LogP contribution in [0.25, 0.3) is 0 Å². The third-order valence-corrected chi connectivity index (χ3v) is 4.27. The largest absolute Gasteiger partial charge is 0.495 e. The molecule has 1 aromatic rings. The monoisotopic (exact) mass is 361 g/mol. The molecule has 0 bridgehead atoms. The number of halogens is 2. The van der Waals surface area contributed by atoms with Crippen LogP contribution in [0, 0.1) is 0 Å². The summed E-state index contributed by atoms with van der Waals surface area (Å²) in [6.45, 7) is 0.867. The highest BCUT2D eigenvalue weighted by atomic mass is 79.9. The lowest BCUT2D eigenvalue weighted by molar-refractivity contribution is 0.402. The van der Waals surface area contributed by atoms with Gasteiger partial charge in [-0.3, -0.25) is 0 Å². The Kier molecular flexibility index (Phi) is 4.88. The normalized spacial score (nSPS) is 16.4. The van der Waals surface area contributed by atoms with E-state index in [1.165, 1.54) is 31.2 Å². The van der Waals surface area contributed by atoms with Gasteiger partial charge >= 0.3 is 0 Å². The van der Waals surface area contributed by atoms with Gasteiger partial charge in [0.25, 0.3) is 0 Å². The average Bonchev–Trinajstić information content (AvgIpc) is 2.78. The lowest BCUT2D eigenvalue weighted by Gasteiger charge is -2.15. The summed E-state index contributed by atoms with van der Waals surface area (Å²) in [6, 6.07) is 4.81. The van der Waals surface area contributed by atoms with Gasteiger partial charge in [0, 0.05) is 22.6 Å². The van der Waals surface area contributed by atoms with E-state index in [4.69, 9.17) is 4.74 Å². The first-order chi connectivity index (χ1) is 8.20. The standard InChI is InChI=1S/C13H17Br2NO/c1-17-13-9(6-10(14)7-12(13)15)8-16-11-4-2-3-5-11/h6-7,11,16H,2-5,8H2,1H3. The Hall–Kier alpha value is -0.0600. The first kappa shape index (κ1) is 13.4. The van der Waals surface area contributed by atoms with Gasteiger partial charge in [-0.1, -0.05) is 28.8 Å². The second kappa shape index (κ2) is 6.21. The van der Waals surface area contributed by atoms with Crippen molar-refractivity contribution in [1.82, 2.24) is 5.32 Å². The topological polar surface area (TPSA) is 21.3 Å². The highest BCUT2D eigenvalue weighted by Crippen LogP contribution is 2.33. The fourth-order valence-corrected chi connectivity index (χ4v) is 3.83. The van der Waals surface area contributed by atoms with Gasteiger partial charge in [0.2, 0.25) is 0 Å². The van der Waals surface area contributed by atoms with Gasteiger partial charge in [0.1, 0.15) is 5.75 Å². The van der Waals surface area contributed by atoms with Gasteiger partial charge in [-0.15, -0.1) is 0 Å². The molecule has 1 aromatic carbocycles. The molecule has 0 saturated heterocycles. The molecule has 0 radical (unpaired) electrons. The van der Waals surface area contributed by atoms with Crippen molar-refractivity contribution in [1.29, 1.82) is 0 Å². The molecule has 1 saturated carbocycles. The lowest BCUT2D eigenvalue weighted by Crippen LogP contribution is -2.25. The molecule has 0 spiro atoms. The molecule has 17 heavy (non-hydrogen) atoms. The van der Waals surface area contributed by atoms with E-state index in [1.807, 2.05) is 6.07 Å². The van der Waals surface area contributed by atoms with Crippen LogP contribution < -0.4 is 10.1 Å². The second-order valence-corrected chi connectivity index (χ2v) is 6.21. The molecule has 0 heterocycles. The molecular formula is C13H17Br2NO. The van der Waals surface area contributed by atoms with E-state index in [0.29, 0.717) is 6.04 Å². The molecule has 1 fully saturated rings. The smallest absolute Gasteiger partial charge is 0.137 e. The van der Waals surface area contributed by atoms with Crippen molar-refractivity contribution in [3.63, 3.8) is 0 Å². The number of benzene rings is 1. The van der Waals surface area contributed by atoms with Crippen molar-refractivity contribution in [2.24, 2.45) is 0 Å². The minimum atomic E-state index is 0.678. The van der Waals surface area contributed by atoms with Gasteiger partial charge in [0.15, 0.2) is 0 Å². The minimum Gasteiger partial charge on any atom is -0.495 e. The number of hydrogen-bond acceptors (Lipinski definition) is 2. The number of ether oxygens (including phenoxy) is 1. The summed E-state index contributed by atoms with van der Waals surface area (Å²) in [6.07, 6.45) is 5.32. The molecule has 94 valence electrons. The molecule has 2 nitrogen and oxygen atoms in total. The Morgan fingerprint density at radius 1 is 1.29 bits per heavy atom. The molecule has 0 atom stereocenters. The maximum absolute atomic E-state index is 5.44. The van der Waals surface area contributed by atoms with Crippen LogP contribution in [-0.4, -0.2) is 13.2 Å². The highest BCUT2D eigenvalue weighted by molar-refractivity contribution is 9.11. The van der Waals surface area contributed by atoms with Crippen molar-refractivity contribution in [3.8, 4) is 5.75 Å². The third-order valence-electron chi connectivity index (χ3n) is 3.23. The summed E-state index contributed by atoms with van der Waals surface area (Å²) in [4.78, 5) is 0. The van der Waals surface area contributed by atoms with Crippen molar-refractivity contribution >= 4 is 31.9 Å². The van der Waals surface area contributed by atoms with Crippen LogP contribution in [0.5, 0.6) is 5.75 Å². The van der Waals surface area contributed by atoms with Crippen molar-refractivity contribution in [2.75, 3.05) is 7.11 Å². The van der Waals surface area contributed by atoms with Crippen molar-refractivity contribution < 1.29 is 4.74 Å². The highest BCUT2D eigenvalue weighted by Gasteiger charge is 2.15. The zero-order valence-corrected chi connectivity index (χ0v) is 13.1. The summed E-state index contributed by atoms with van der Waals surface area (Å²) in [5.41, 5.74) is 1.20. The van der Waals surface area contributed by atoms with Gasteiger partial charge in [-0.05, 0) is 40.9 Å². The van der Waals surface area contributed by atoms with E-state index in [1.54, 1.807) is 7.11 Å². The molecule has 1 N–H and O–H groups in total. The third kappa shape index (κ3) is 3.46. The SMILES string of the molecule is COc1c(Br)cc(Br)cc1CNC1CCCC1. The minimum absolute atomic E-state index is 0.678. The van der Waals surface area contributed by atoms with E-state index in [2.05, 4.69) is 43.2 Å². The van der Waals surface area contributed by atoms with Gasteiger partial charge < -0.3 is 10.1 Å². The predicted octanol–water partition coefficient (Wildman–Crippen LogP) is 4.25. The second-order valence-electron chi connectivity index (χ2n) is 4.44. The van der Waals surface area contributed by atoms with Crippen LogP contribution >= 0.6 is 31.9 Å². The quantitative estimate of drug-likeness (QED) is 0.864. The number of hydrogen-bond donors (Lipinski definition) is 1. The van der Waals surface area contributed by atoms with Crippen LogP contribution in [0.2, 0.25) is 0 Å². The van der Waals surface area contributed by atoms with Crippen LogP contribution in [-0.2, 0) is 6.54 Å². The maximum Gasteiger partial charge on any atom is 0.137 e. The number of nitrogens with one attached hydrogen (secondary N) is 1. The molecule has 2 rings (SSSR count). The summed E-state index contributed by atoms with van der Waals surface area (Å²) in [5.74, 6) is 0.929. The van der Waals surface area contributed by atoms with Gasteiger partial charge in [-0.25, -0.2) is 0 Å². The van der Waals surface area contributed by atoms with Gasteiger partial charge in [0.05, 0.1) is 11.6 Å². The zero-order chi connectivity index (χ0) is 12.3. The van der Waals surface area contributed by atoms with Crippen LogP contribution in [0.3, 0.4) is 0 Å². The van der Waals surface area contributed by atoms with Crippen LogP contribution in [0.4, 0.5) is 0 Å². The predicted molar refractivity (Wildman–Crippen MR) is 77.5 cm³/mol. The lowest BCUT2D eigenvalue weighted by atomic mass is 10.1.